The van der Waals surface area contributed by atoms with Crippen LogP contribution >= 0.6 is 0 Å². The molecule has 8 heteroatoms. The molecule has 0 amide bonds. The fraction of sp³-hybridized carbons (Fsp3) is 0.200. The number of aromatic nitrogens is 2. The zero-order valence-electron chi connectivity index (χ0n) is 15.2. The van der Waals surface area contributed by atoms with Gasteiger partial charge in [-0.05, 0) is 42.0 Å². The smallest absolute Gasteiger partial charge is 0.416 e. The molecule has 0 bridgehead atoms. The van der Waals surface area contributed by atoms with Crippen LogP contribution in [0.15, 0.2) is 59.4 Å². The van der Waals surface area contributed by atoms with Gasteiger partial charge in [0.05, 0.1) is 32.0 Å². The zero-order valence-corrected chi connectivity index (χ0v) is 15.2. The van der Waals surface area contributed by atoms with Crippen LogP contribution in [-0.4, -0.2) is 24.0 Å². The average Bonchev–Trinajstić information content (AvgIpc) is 2.68. The van der Waals surface area contributed by atoms with Crippen LogP contribution in [-0.2, 0) is 12.7 Å². The minimum absolute atomic E-state index is 0.0944. The zero-order chi connectivity index (χ0) is 20.3. The van der Waals surface area contributed by atoms with Crippen LogP contribution in [0.1, 0.15) is 11.1 Å². The SMILES string of the molecule is COc1ccc(OC)c(-c2ccc(=O)n(Cc3cccc(C(F)(F)F)c3)n2)c1. The van der Waals surface area contributed by atoms with Gasteiger partial charge in [0, 0.05) is 11.6 Å². The summed E-state index contributed by atoms with van der Waals surface area (Å²) in [6.45, 7) is -0.0944. The van der Waals surface area contributed by atoms with Crippen LogP contribution in [0, 0.1) is 0 Å². The maximum Gasteiger partial charge on any atom is 0.416 e. The van der Waals surface area contributed by atoms with E-state index in [1.165, 1.54) is 38.5 Å². The lowest BCUT2D eigenvalue weighted by molar-refractivity contribution is -0.137. The molecule has 1 heterocycles. The van der Waals surface area contributed by atoms with Gasteiger partial charge in [0.1, 0.15) is 11.5 Å². The van der Waals surface area contributed by atoms with Crippen molar-refractivity contribution in [3.63, 3.8) is 0 Å². The monoisotopic (exact) mass is 390 g/mol. The van der Waals surface area contributed by atoms with Crippen molar-refractivity contribution in [2.24, 2.45) is 0 Å². The van der Waals surface area contributed by atoms with Gasteiger partial charge in [-0.1, -0.05) is 12.1 Å². The average molecular weight is 390 g/mol. The molecular weight excluding hydrogens is 373 g/mol. The number of ether oxygens (including phenoxy) is 2. The van der Waals surface area contributed by atoms with E-state index in [0.717, 1.165) is 16.8 Å². The van der Waals surface area contributed by atoms with Crippen molar-refractivity contribution in [2.45, 2.75) is 12.7 Å². The van der Waals surface area contributed by atoms with E-state index in [-0.39, 0.29) is 6.54 Å². The Morgan fingerprint density at radius 1 is 1.00 bits per heavy atom. The summed E-state index contributed by atoms with van der Waals surface area (Å²) in [7, 11) is 3.03. The summed E-state index contributed by atoms with van der Waals surface area (Å²) in [4.78, 5) is 12.2. The molecule has 0 aliphatic heterocycles. The first-order valence-corrected chi connectivity index (χ1v) is 8.28. The van der Waals surface area contributed by atoms with Crippen LogP contribution in [0.4, 0.5) is 13.2 Å². The second-order valence-electron chi connectivity index (χ2n) is 5.98. The van der Waals surface area contributed by atoms with Gasteiger partial charge in [-0.25, -0.2) is 4.68 Å². The van der Waals surface area contributed by atoms with Crippen molar-refractivity contribution in [3.05, 3.63) is 76.1 Å². The Morgan fingerprint density at radius 3 is 2.46 bits per heavy atom. The predicted molar refractivity (Wildman–Crippen MR) is 97.6 cm³/mol. The molecule has 5 nitrogen and oxygen atoms in total. The summed E-state index contributed by atoms with van der Waals surface area (Å²) in [6, 6.07) is 12.8. The van der Waals surface area contributed by atoms with Crippen molar-refractivity contribution >= 4 is 0 Å². The molecule has 0 aliphatic carbocycles. The quantitative estimate of drug-likeness (QED) is 0.661. The normalized spacial score (nSPS) is 11.3. The Labute approximate surface area is 159 Å². The van der Waals surface area contributed by atoms with E-state index < -0.39 is 17.3 Å². The molecule has 1 aromatic heterocycles. The van der Waals surface area contributed by atoms with Gasteiger partial charge in [-0.15, -0.1) is 0 Å². The summed E-state index contributed by atoms with van der Waals surface area (Å²) in [5, 5.41) is 4.30. The van der Waals surface area contributed by atoms with Crippen LogP contribution in [0.3, 0.4) is 0 Å². The molecule has 146 valence electrons. The number of alkyl halides is 3. The van der Waals surface area contributed by atoms with Gasteiger partial charge < -0.3 is 9.47 Å². The van der Waals surface area contributed by atoms with E-state index >= 15 is 0 Å². The highest BCUT2D eigenvalue weighted by Crippen LogP contribution is 2.32. The van der Waals surface area contributed by atoms with Crippen molar-refractivity contribution in [1.82, 2.24) is 9.78 Å². The van der Waals surface area contributed by atoms with E-state index in [1.807, 2.05) is 0 Å². The number of rotatable bonds is 5. The number of hydrogen-bond donors (Lipinski definition) is 0. The van der Waals surface area contributed by atoms with Gasteiger partial charge in [-0.2, -0.15) is 18.3 Å². The van der Waals surface area contributed by atoms with Crippen LogP contribution < -0.4 is 15.0 Å². The number of halogens is 3. The summed E-state index contributed by atoms with van der Waals surface area (Å²) in [5.41, 5.74) is 0.146. The molecule has 0 aliphatic rings. The highest BCUT2D eigenvalue weighted by molar-refractivity contribution is 5.68. The minimum atomic E-state index is -4.45. The van der Waals surface area contributed by atoms with Gasteiger partial charge >= 0.3 is 6.18 Å². The van der Waals surface area contributed by atoms with Crippen molar-refractivity contribution in [1.29, 1.82) is 0 Å². The molecule has 2 aromatic carbocycles. The van der Waals surface area contributed by atoms with Crippen molar-refractivity contribution in [2.75, 3.05) is 14.2 Å². The Balaban J connectivity index is 2.01. The molecule has 0 saturated carbocycles. The highest BCUT2D eigenvalue weighted by atomic mass is 19.4. The lowest BCUT2D eigenvalue weighted by Gasteiger charge is -2.12. The largest absolute Gasteiger partial charge is 0.497 e. The summed E-state index contributed by atoms with van der Waals surface area (Å²) in [5.74, 6) is 1.10. The van der Waals surface area contributed by atoms with Gasteiger partial charge in [0.25, 0.3) is 5.56 Å². The third kappa shape index (κ3) is 4.16. The van der Waals surface area contributed by atoms with E-state index in [9.17, 15) is 18.0 Å². The molecule has 0 saturated heterocycles. The molecular formula is C20H17F3N2O3. The second kappa shape index (κ2) is 7.75. The minimum Gasteiger partial charge on any atom is -0.497 e. The van der Waals surface area contributed by atoms with Crippen molar-refractivity contribution < 1.29 is 22.6 Å². The maximum absolute atomic E-state index is 12.9. The molecule has 0 atom stereocenters. The molecule has 3 rings (SSSR count). The van der Waals surface area contributed by atoms with E-state index in [0.29, 0.717) is 28.3 Å². The third-order valence-corrected chi connectivity index (χ3v) is 4.14. The van der Waals surface area contributed by atoms with Gasteiger partial charge in [-0.3, -0.25) is 4.79 Å². The fourth-order valence-corrected chi connectivity index (χ4v) is 2.74. The number of hydrogen-bond acceptors (Lipinski definition) is 4. The van der Waals surface area contributed by atoms with Crippen LogP contribution in [0.2, 0.25) is 0 Å². The summed E-state index contributed by atoms with van der Waals surface area (Å²) in [6.07, 6.45) is -4.45. The van der Waals surface area contributed by atoms with E-state index in [2.05, 4.69) is 5.10 Å². The Bertz CT molecular complexity index is 1050. The first-order chi connectivity index (χ1) is 13.3. The molecule has 0 spiro atoms. The number of nitrogens with zero attached hydrogens (tertiary/aromatic N) is 2. The number of methoxy groups -OCH3 is 2. The Hall–Kier alpha value is -3.29. The fourth-order valence-electron chi connectivity index (χ4n) is 2.74. The topological polar surface area (TPSA) is 53.4 Å². The van der Waals surface area contributed by atoms with Crippen LogP contribution in [0.25, 0.3) is 11.3 Å². The summed E-state index contributed by atoms with van der Waals surface area (Å²) < 4.78 is 50.4. The highest BCUT2D eigenvalue weighted by Gasteiger charge is 2.30. The standard InChI is InChI=1S/C20H17F3N2O3/c1-27-15-6-8-18(28-2)16(11-15)17-7-9-19(26)25(24-17)12-13-4-3-5-14(10-13)20(21,22)23/h3-11H,12H2,1-2H3. The molecule has 0 fully saturated rings. The second-order valence-corrected chi connectivity index (χ2v) is 5.98. The van der Waals surface area contributed by atoms with Crippen molar-refractivity contribution in [3.8, 4) is 22.8 Å². The molecule has 0 unspecified atom stereocenters. The Morgan fingerprint density at radius 2 is 1.79 bits per heavy atom. The molecule has 0 N–H and O–H groups in total. The molecule has 0 radical (unpaired) electrons. The predicted octanol–water partition coefficient (Wildman–Crippen LogP) is 3.99. The first-order valence-electron chi connectivity index (χ1n) is 8.28. The van der Waals surface area contributed by atoms with E-state index in [1.54, 1.807) is 18.2 Å². The lowest BCUT2D eigenvalue weighted by atomic mass is 10.1. The maximum atomic E-state index is 12.9. The van der Waals surface area contributed by atoms with E-state index in [4.69, 9.17) is 9.47 Å². The molecule has 3 aromatic rings. The lowest BCUT2D eigenvalue weighted by Crippen LogP contribution is -2.23. The summed E-state index contributed by atoms with van der Waals surface area (Å²) >= 11 is 0. The third-order valence-electron chi connectivity index (χ3n) is 4.14. The van der Waals surface area contributed by atoms with Gasteiger partial charge in [0.15, 0.2) is 0 Å². The Kier molecular flexibility index (Phi) is 5.39. The molecule has 28 heavy (non-hydrogen) atoms. The first kappa shape index (κ1) is 19.5. The number of benzene rings is 2. The van der Waals surface area contributed by atoms with Gasteiger partial charge in [0.2, 0.25) is 0 Å². The van der Waals surface area contributed by atoms with Crippen LogP contribution in [0.5, 0.6) is 11.5 Å².